The van der Waals surface area contributed by atoms with Crippen LogP contribution in [0, 0.1) is 12.8 Å². The van der Waals surface area contributed by atoms with Gasteiger partial charge in [-0.3, -0.25) is 14.4 Å². The molecule has 0 atom stereocenters. The largest absolute Gasteiger partial charge is 0.466 e. The maximum atomic E-state index is 13.5. The van der Waals surface area contributed by atoms with E-state index in [2.05, 4.69) is 0 Å². The molecule has 0 spiro atoms. The molecule has 1 aliphatic heterocycles. The highest BCUT2D eigenvalue weighted by Gasteiger charge is 2.31. The predicted octanol–water partition coefficient (Wildman–Crippen LogP) is 4.48. The van der Waals surface area contributed by atoms with Gasteiger partial charge in [0, 0.05) is 25.3 Å². The van der Waals surface area contributed by atoms with E-state index in [-0.39, 0.29) is 30.2 Å². The number of benzene rings is 1. The number of aromatic nitrogens is 1. The number of anilines is 1. The normalized spacial score (nSPS) is 14.4. The zero-order chi connectivity index (χ0) is 24.2. The smallest absolute Gasteiger partial charge is 0.309 e. The number of carbonyl (C=O) groups is 3. The fraction of sp³-hybridized carbons (Fsp3) is 0.423. The van der Waals surface area contributed by atoms with Crippen molar-refractivity contribution in [2.24, 2.45) is 5.92 Å². The topological polar surface area (TPSA) is 71.8 Å². The molecule has 1 fully saturated rings. The van der Waals surface area contributed by atoms with Crippen LogP contribution in [0.4, 0.5) is 5.69 Å². The number of amides is 2. The average molecular weight is 482 g/mol. The average Bonchev–Trinajstić information content (AvgIpc) is 3.42. The highest BCUT2D eigenvalue weighted by Crippen LogP contribution is 2.28. The number of likely N-dealkylation sites (N-methyl/N-ethyl adjacent to an activating group) is 1. The Morgan fingerprint density at radius 2 is 1.88 bits per heavy atom. The lowest BCUT2D eigenvalue weighted by Crippen LogP contribution is -2.42. The van der Waals surface area contributed by atoms with E-state index in [1.54, 1.807) is 28.1 Å². The molecule has 0 aliphatic carbocycles. The van der Waals surface area contributed by atoms with Crippen LogP contribution in [0.5, 0.6) is 0 Å². The fourth-order valence-electron chi connectivity index (χ4n) is 4.58. The van der Waals surface area contributed by atoms with Crippen molar-refractivity contribution >= 4 is 45.0 Å². The number of ether oxygens (including phenoxy) is 1. The molecule has 7 nitrogen and oxygen atoms in total. The Labute approximate surface area is 203 Å². The van der Waals surface area contributed by atoms with E-state index in [4.69, 9.17) is 4.74 Å². The summed E-state index contributed by atoms with van der Waals surface area (Å²) in [5, 5.41) is 1.98. The minimum absolute atomic E-state index is 0.0631. The molecule has 34 heavy (non-hydrogen) atoms. The van der Waals surface area contributed by atoms with Gasteiger partial charge in [0.2, 0.25) is 5.91 Å². The minimum Gasteiger partial charge on any atom is -0.466 e. The number of aryl methyl sites for hydroxylation is 1. The second-order valence-corrected chi connectivity index (χ2v) is 9.53. The first-order valence-electron chi connectivity index (χ1n) is 11.8. The number of carbonyl (C=O) groups excluding carboxylic acids is 3. The van der Waals surface area contributed by atoms with Gasteiger partial charge in [0.05, 0.1) is 22.7 Å². The summed E-state index contributed by atoms with van der Waals surface area (Å²) in [6, 6.07) is 11.7. The molecule has 8 heteroatoms. The van der Waals surface area contributed by atoms with Crippen molar-refractivity contribution in [3.8, 4) is 0 Å². The number of esters is 1. The van der Waals surface area contributed by atoms with Crippen LogP contribution in [0.3, 0.4) is 0 Å². The standard InChI is InChI=1S/C26H31N3O4S/c1-4-28(20-8-6-7-18(3)15-20)24(30)17-29-21-11-14-34-23(21)16-22(29)25(31)27-12-9-19(10-13-27)26(32)33-5-2/h6-8,11,14-16,19H,4-5,9-10,12-13,17H2,1-3H3. The Balaban J connectivity index is 1.55. The van der Waals surface area contributed by atoms with Gasteiger partial charge < -0.3 is 19.1 Å². The van der Waals surface area contributed by atoms with Crippen LogP contribution in [-0.4, -0.2) is 53.5 Å². The molecule has 0 bridgehead atoms. The van der Waals surface area contributed by atoms with Crippen LogP contribution in [0.1, 0.15) is 42.7 Å². The van der Waals surface area contributed by atoms with Gasteiger partial charge in [-0.15, -0.1) is 11.3 Å². The molecule has 1 aromatic carbocycles. The summed E-state index contributed by atoms with van der Waals surface area (Å²) in [6.45, 7) is 7.76. The van der Waals surface area contributed by atoms with Crippen molar-refractivity contribution in [1.82, 2.24) is 9.47 Å². The van der Waals surface area contributed by atoms with Crippen LogP contribution in [-0.2, 0) is 20.9 Å². The third-order valence-electron chi connectivity index (χ3n) is 6.37. The van der Waals surface area contributed by atoms with E-state index in [0.29, 0.717) is 44.8 Å². The first-order chi connectivity index (χ1) is 16.4. The summed E-state index contributed by atoms with van der Waals surface area (Å²) in [5.74, 6) is -0.503. The highest BCUT2D eigenvalue weighted by atomic mass is 32.1. The lowest BCUT2D eigenvalue weighted by Gasteiger charge is -2.31. The zero-order valence-corrected chi connectivity index (χ0v) is 20.8. The maximum Gasteiger partial charge on any atom is 0.309 e. The quantitative estimate of drug-likeness (QED) is 0.467. The number of piperidine rings is 1. The predicted molar refractivity (Wildman–Crippen MR) is 134 cm³/mol. The Bertz CT molecular complexity index is 1190. The summed E-state index contributed by atoms with van der Waals surface area (Å²) >= 11 is 1.56. The van der Waals surface area contributed by atoms with Crippen molar-refractivity contribution in [3.05, 3.63) is 53.0 Å². The summed E-state index contributed by atoms with van der Waals surface area (Å²) < 4.78 is 7.97. The molecule has 3 aromatic rings. The molecule has 2 amide bonds. The molecule has 3 heterocycles. The SMILES string of the molecule is CCOC(=O)C1CCN(C(=O)c2cc3sccc3n2CC(=O)N(CC)c2cccc(C)c2)CC1. The minimum atomic E-state index is -0.181. The highest BCUT2D eigenvalue weighted by molar-refractivity contribution is 7.17. The molecular weight excluding hydrogens is 450 g/mol. The van der Waals surface area contributed by atoms with Crippen molar-refractivity contribution in [3.63, 3.8) is 0 Å². The second kappa shape index (κ2) is 10.4. The summed E-state index contributed by atoms with van der Waals surface area (Å²) in [6.07, 6.45) is 1.19. The van der Waals surface area contributed by atoms with E-state index in [1.165, 1.54) is 0 Å². The fourth-order valence-corrected chi connectivity index (χ4v) is 5.41. The molecular formula is C26H31N3O4S. The summed E-state index contributed by atoms with van der Waals surface area (Å²) in [5.41, 5.74) is 3.36. The van der Waals surface area contributed by atoms with E-state index >= 15 is 0 Å². The van der Waals surface area contributed by atoms with Crippen LogP contribution in [0.25, 0.3) is 10.2 Å². The van der Waals surface area contributed by atoms with Gasteiger partial charge in [0.1, 0.15) is 12.2 Å². The number of hydrogen-bond donors (Lipinski definition) is 0. The number of rotatable bonds is 7. The van der Waals surface area contributed by atoms with Crippen LogP contribution in [0.15, 0.2) is 41.8 Å². The Morgan fingerprint density at radius 1 is 1.12 bits per heavy atom. The Kier molecular flexibility index (Phi) is 7.36. The van der Waals surface area contributed by atoms with Gasteiger partial charge in [0.25, 0.3) is 5.91 Å². The molecule has 180 valence electrons. The monoisotopic (exact) mass is 481 g/mol. The molecule has 4 rings (SSSR count). The first kappa shape index (κ1) is 24.0. The van der Waals surface area contributed by atoms with Crippen LogP contribution in [0.2, 0.25) is 0 Å². The molecule has 2 aromatic heterocycles. The molecule has 0 radical (unpaired) electrons. The van der Waals surface area contributed by atoms with Crippen LogP contribution >= 0.6 is 11.3 Å². The van der Waals surface area contributed by atoms with Crippen molar-refractivity contribution < 1.29 is 19.1 Å². The van der Waals surface area contributed by atoms with E-state index in [0.717, 1.165) is 21.5 Å². The van der Waals surface area contributed by atoms with Crippen molar-refractivity contribution in [1.29, 1.82) is 0 Å². The molecule has 0 N–H and O–H groups in total. The number of thiophene rings is 1. The van der Waals surface area contributed by atoms with Crippen LogP contribution < -0.4 is 4.90 Å². The molecule has 1 saturated heterocycles. The third kappa shape index (κ3) is 4.87. The van der Waals surface area contributed by atoms with Crippen molar-refractivity contribution in [2.75, 3.05) is 31.1 Å². The van der Waals surface area contributed by atoms with E-state index < -0.39 is 0 Å². The van der Waals surface area contributed by atoms with E-state index in [1.807, 2.05) is 60.2 Å². The summed E-state index contributed by atoms with van der Waals surface area (Å²) in [7, 11) is 0. The number of hydrogen-bond acceptors (Lipinski definition) is 5. The van der Waals surface area contributed by atoms with Gasteiger partial charge in [-0.05, 0) is 68.8 Å². The Morgan fingerprint density at radius 3 is 2.56 bits per heavy atom. The third-order valence-corrected chi connectivity index (χ3v) is 7.22. The van der Waals surface area contributed by atoms with Gasteiger partial charge in [-0.25, -0.2) is 0 Å². The number of nitrogens with zero attached hydrogens (tertiary/aromatic N) is 3. The van der Waals surface area contributed by atoms with Gasteiger partial charge >= 0.3 is 5.97 Å². The van der Waals surface area contributed by atoms with Gasteiger partial charge in [-0.1, -0.05) is 12.1 Å². The molecule has 1 aliphatic rings. The van der Waals surface area contributed by atoms with Gasteiger partial charge in [0.15, 0.2) is 0 Å². The molecule has 0 saturated carbocycles. The van der Waals surface area contributed by atoms with E-state index in [9.17, 15) is 14.4 Å². The lowest BCUT2D eigenvalue weighted by atomic mass is 9.97. The first-order valence-corrected chi connectivity index (χ1v) is 12.7. The lowest BCUT2D eigenvalue weighted by molar-refractivity contribution is -0.149. The maximum absolute atomic E-state index is 13.5. The molecule has 0 unspecified atom stereocenters. The summed E-state index contributed by atoms with van der Waals surface area (Å²) in [4.78, 5) is 42.5. The second-order valence-electron chi connectivity index (χ2n) is 8.58. The number of likely N-dealkylation sites (tertiary alicyclic amines) is 1. The number of fused-ring (bicyclic) bond motifs is 1. The Hall–Kier alpha value is -3.13. The zero-order valence-electron chi connectivity index (χ0n) is 20.0. The van der Waals surface area contributed by atoms with Crippen molar-refractivity contribution in [2.45, 2.75) is 40.2 Å². The van der Waals surface area contributed by atoms with Gasteiger partial charge in [-0.2, -0.15) is 0 Å².